The van der Waals surface area contributed by atoms with Gasteiger partial charge in [0.2, 0.25) is 0 Å². The van der Waals surface area contributed by atoms with Crippen LogP contribution in [0.4, 0.5) is 17.1 Å². The first kappa shape index (κ1) is 28.4. The lowest BCUT2D eigenvalue weighted by Gasteiger charge is -2.29. The van der Waals surface area contributed by atoms with E-state index in [-0.39, 0.29) is 0 Å². The van der Waals surface area contributed by atoms with E-state index < -0.39 is 0 Å². The van der Waals surface area contributed by atoms with Crippen molar-refractivity contribution in [2.45, 2.75) is 0 Å². The molecule has 0 atom stereocenters. The fourth-order valence-electron chi connectivity index (χ4n) is 7.74. The number of hydrogen-bond acceptors (Lipinski definition) is 2. The average molecular weight is 638 g/mol. The van der Waals surface area contributed by atoms with E-state index >= 15 is 0 Å². The lowest BCUT2D eigenvalue weighted by molar-refractivity contribution is 0.672. The minimum atomic E-state index is 0.869. The average Bonchev–Trinajstić information content (AvgIpc) is 3.59. The van der Waals surface area contributed by atoms with E-state index in [1.807, 2.05) is 0 Å². The van der Waals surface area contributed by atoms with Crippen LogP contribution >= 0.6 is 0 Å². The summed E-state index contributed by atoms with van der Waals surface area (Å²) in [7, 11) is 0. The number of hydrogen-bond donors (Lipinski definition) is 0. The molecular formula is C48H31NO. The van der Waals surface area contributed by atoms with Crippen LogP contribution in [0.5, 0.6) is 0 Å². The molecule has 0 spiro atoms. The maximum atomic E-state index is 6.70. The Balaban J connectivity index is 1.27. The van der Waals surface area contributed by atoms with Crippen LogP contribution in [0.25, 0.3) is 76.5 Å². The van der Waals surface area contributed by atoms with Gasteiger partial charge in [0, 0.05) is 22.0 Å². The van der Waals surface area contributed by atoms with Gasteiger partial charge in [0.15, 0.2) is 0 Å². The summed E-state index contributed by atoms with van der Waals surface area (Å²) in [6.45, 7) is 0. The van der Waals surface area contributed by atoms with Gasteiger partial charge in [0.25, 0.3) is 0 Å². The summed E-state index contributed by atoms with van der Waals surface area (Å²) in [5.41, 5.74) is 9.78. The summed E-state index contributed by atoms with van der Waals surface area (Å²) in [4.78, 5) is 2.42. The van der Waals surface area contributed by atoms with Gasteiger partial charge in [-0.1, -0.05) is 146 Å². The molecule has 1 heterocycles. The fourth-order valence-corrected chi connectivity index (χ4v) is 7.74. The monoisotopic (exact) mass is 637 g/mol. The minimum absolute atomic E-state index is 0.869. The maximum Gasteiger partial charge on any atom is 0.143 e. The van der Waals surface area contributed by atoms with Gasteiger partial charge in [-0.3, -0.25) is 0 Å². The van der Waals surface area contributed by atoms with E-state index in [0.717, 1.165) is 50.0 Å². The second kappa shape index (κ2) is 11.5. The summed E-state index contributed by atoms with van der Waals surface area (Å²) in [5.74, 6) is 0. The molecule has 0 bridgehead atoms. The number of rotatable bonds is 5. The van der Waals surface area contributed by atoms with E-state index in [0.29, 0.717) is 0 Å². The predicted molar refractivity (Wildman–Crippen MR) is 212 cm³/mol. The van der Waals surface area contributed by atoms with E-state index in [1.165, 1.54) is 43.6 Å². The number of benzene rings is 9. The second-order valence-corrected chi connectivity index (χ2v) is 12.9. The molecule has 50 heavy (non-hydrogen) atoms. The van der Waals surface area contributed by atoms with Crippen molar-refractivity contribution >= 4 is 71.3 Å². The van der Waals surface area contributed by atoms with Gasteiger partial charge in [0.05, 0.1) is 16.8 Å². The van der Waals surface area contributed by atoms with Crippen molar-refractivity contribution < 1.29 is 4.42 Å². The van der Waals surface area contributed by atoms with E-state index in [2.05, 4.69) is 193 Å². The van der Waals surface area contributed by atoms with Crippen molar-refractivity contribution in [3.8, 4) is 22.3 Å². The maximum absolute atomic E-state index is 6.70. The van der Waals surface area contributed by atoms with Gasteiger partial charge in [-0.05, 0) is 86.1 Å². The highest BCUT2D eigenvalue weighted by Crippen LogP contribution is 2.48. The largest absolute Gasteiger partial charge is 0.455 e. The Bertz CT molecular complexity index is 2870. The van der Waals surface area contributed by atoms with Crippen molar-refractivity contribution in [2.75, 3.05) is 4.90 Å². The van der Waals surface area contributed by atoms with Crippen LogP contribution < -0.4 is 4.90 Å². The van der Waals surface area contributed by atoms with E-state index in [4.69, 9.17) is 4.42 Å². The number of nitrogens with zero attached hydrogens (tertiary/aromatic N) is 1. The third kappa shape index (κ3) is 4.50. The Hall–Kier alpha value is -6.64. The third-order valence-electron chi connectivity index (χ3n) is 10.0. The molecule has 0 saturated carbocycles. The van der Waals surface area contributed by atoms with Crippen LogP contribution in [0.15, 0.2) is 192 Å². The molecule has 0 fully saturated rings. The van der Waals surface area contributed by atoms with Crippen molar-refractivity contribution in [1.29, 1.82) is 0 Å². The molecule has 0 aliphatic carbocycles. The van der Waals surface area contributed by atoms with Gasteiger partial charge in [-0.15, -0.1) is 0 Å². The molecule has 0 aliphatic heterocycles. The summed E-state index contributed by atoms with van der Waals surface area (Å²) in [6.07, 6.45) is 0. The predicted octanol–water partition coefficient (Wildman–Crippen LogP) is 13.8. The fraction of sp³-hybridized carbons (Fsp3) is 0. The molecule has 0 unspecified atom stereocenters. The zero-order valence-electron chi connectivity index (χ0n) is 27.3. The van der Waals surface area contributed by atoms with Crippen molar-refractivity contribution in [3.05, 3.63) is 188 Å². The van der Waals surface area contributed by atoms with Crippen LogP contribution in [-0.2, 0) is 0 Å². The van der Waals surface area contributed by atoms with Crippen molar-refractivity contribution in [1.82, 2.24) is 0 Å². The van der Waals surface area contributed by atoms with E-state index in [1.54, 1.807) is 0 Å². The molecule has 234 valence electrons. The third-order valence-corrected chi connectivity index (χ3v) is 10.0. The van der Waals surface area contributed by atoms with Gasteiger partial charge < -0.3 is 9.32 Å². The molecule has 0 aliphatic rings. The van der Waals surface area contributed by atoms with Crippen LogP contribution in [0.3, 0.4) is 0 Å². The number of para-hydroxylation sites is 1. The Morgan fingerprint density at radius 1 is 0.360 bits per heavy atom. The Morgan fingerprint density at radius 3 is 1.84 bits per heavy atom. The van der Waals surface area contributed by atoms with Gasteiger partial charge in [-0.25, -0.2) is 0 Å². The zero-order valence-corrected chi connectivity index (χ0v) is 27.3. The standard InChI is InChI=1S/C48H31NO/c1-2-13-32(14-3-1)33-25-28-36(29-26-33)49(45-23-12-24-46-47(45)42-30-27-34-15-4-7-18-38(34)48(42)50-46)44-22-11-10-21-41(44)43-31-35-16-5-6-17-37(35)39-19-8-9-20-40(39)43/h1-31H. The van der Waals surface area contributed by atoms with Crippen LogP contribution in [0, 0.1) is 0 Å². The Morgan fingerprint density at radius 2 is 1.00 bits per heavy atom. The van der Waals surface area contributed by atoms with Crippen molar-refractivity contribution in [3.63, 3.8) is 0 Å². The number of furan rings is 1. The first-order valence-corrected chi connectivity index (χ1v) is 17.1. The summed E-state index contributed by atoms with van der Waals surface area (Å²) >= 11 is 0. The second-order valence-electron chi connectivity index (χ2n) is 12.9. The molecule has 9 aromatic carbocycles. The lowest BCUT2D eigenvalue weighted by Crippen LogP contribution is -2.11. The molecule has 2 nitrogen and oxygen atoms in total. The quantitative estimate of drug-likeness (QED) is 0.175. The SMILES string of the molecule is c1ccc(-c2ccc(N(c3ccccc3-c3cc4ccccc4c4ccccc34)c3cccc4oc5c6ccccc6ccc5c34)cc2)cc1. The lowest BCUT2D eigenvalue weighted by atomic mass is 9.92. The topological polar surface area (TPSA) is 16.4 Å². The van der Waals surface area contributed by atoms with Crippen LogP contribution in [-0.4, -0.2) is 0 Å². The summed E-state index contributed by atoms with van der Waals surface area (Å²) in [5, 5.41) is 9.47. The first-order chi connectivity index (χ1) is 24.8. The highest BCUT2D eigenvalue weighted by atomic mass is 16.3. The molecule has 0 N–H and O–H groups in total. The first-order valence-electron chi connectivity index (χ1n) is 17.1. The molecule has 10 rings (SSSR count). The molecule has 0 amide bonds. The molecule has 10 aromatic rings. The Kier molecular flexibility index (Phi) is 6.53. The van der Waals surface area contributed by atoms with Gasteiger partial charge in [0.1, 0.15) is 11.2 Å². The van der Waals surface area contributed by atoms with Gasteiger partial charge in [-0.2, -0.15) is 0 Å². The van der Waals surface area contributed by atoms with Crippen LogP contribution in [0.1, 0.15) is 0 Å². The van der Waals surface area contributed by atoms with Gasteiger partial charge >= 0.3 is 0 Å². The Labute approximate surface area is 290 Å². The highest BCUT2D eigenvalue weighted by Gasteiger charge is 2.23. The van der Waals surface area contributed by atoms with E-state index in [9.17, 15) is 0 Å². The molecular weight excluding hydrogens is 607 g/mol. The summed E-state index contributed by atoms with van der Waals surface area (Å²) in [6, 6.07) is 67.5. The number of anilines is 3. The zero-order chi connectivity index (χ0) is 33.0. The van der Waals surface area contributed by atoms with Crippen molar-refractivity contribution in [2.24, 2.45) is 0 Å². The molecule has 0 saturated heterocycles. The highest BCUT2D eigenvalue weighted by molar-refractivity contribution is 6.20. The number of fused-ring (bicyclic) bond motifs is 8. The normalized spacial score (nSPS) is 11.6. The summed E-state index contributed by atoms with van der Waals surface area (Å²) < 4.78 is 6.70. The minimum Gasteiger partial charge on any atom is -0.455 e. The molecule has 2 heteroatoms. The molecule has 0 radical (unpaired) electrons. The smallest absolute Gasteiger partial charge is 0.143 e. The molecule has 1 aromatic heterocycles. The van der Waals surface area contributed by atoms with Crippen LogP contribution in [0.2, 0.25) is 0 Å².